The van der Waals surface area contributed by atoms with Crippen LogP contribution in [-0.2, 0) is 26.8 Å². The van der Waals surface area contributed by atoms with Crippen LogP contribution in [0.15, 0.2) is 53.9 Å². The number of ether oxygens (including phenoxy) is 1. The number of sulfone groups is 1. The van der Waals surface area contributed by atoms with Gasteiger partial charge in [0.05, 0.1) is 18.6 Å². The topological polar surface area (TPSA) is 76.6 Å². The zero-order chi connectivity index (χ0) is 21.1. The smallest absolute Gasteiger partial charge is 0.242 e. The second kappa shape index (κ2) is 8.57. The van der Waals surface area contributed by atoms with E-state index in [-0.39, 0.29) is 11.7 Å². The van der Waals surface area contributed by atoms with Gasteiger partial charge in [-0.2, -0.15) is 0 Å². The second-order valence-corrected chi connectivity index (χ2v) is 10.1. The van der Waals surface area contributed by atoms with E-state index in [9.17, 15) is 13.2 Å². The number of hydrogen-bond donors (Lipinski definition) is 0. The van der Waals surface area contributed by atoms with E-state index in [0.717, 1.165) is 40.4 Å². The SMILES string of the molecule is COc1ccc(-c2nc(CS(=O)(=O)CC(=O)N3CCCc4ccccc43)cs2)cc1. The molecule has 0 radical (unpaired) electrons. The van der Waals surface area contributed by atoms with Crippen molar-refractivity contribution in [2.24, 2.45) is 0 Å². The number of carbonyl (C=O) groups excluding carboxylic acids is 1. The van der Waals surface area contributed by atoms with E-state index in [2.05, 4.69) is 4.98 Å². The van der Waals surface area contributed by atoms with Crippen molar-refractivity contribution in [1.29, 1.82) is 0 Å². The number of aryl methyl sites for hydroxylation is 1. The van der Waals surface area contributed by atoms with E-state index < -0.39 is 15.6 Å². The Hall–Kier alpha value is -2.71. The number of nitrogens with zero attached hydrogens (tertiary/aromatic N) is 2. The Labute approximate surface area is 180 Å². The van der Waals surface area contributed by atoms with E-state index in [1.165, 1.54) is 11.3 Å². The van der Waals surface area contributed by atoms with Crippen molar-refractivity contribution in [2.45, 2.75) is 18.6 Å². The highest BCUT2D eigenvalue weighted by Gasteiger charge is 2.27. The van der Waals surface area contributed by atoms with Crippen molar-refractivity contribution in [3.8, 4) is 16.3 Å². The van der Waals surface area contributed by atoms with Crippen molar-refractivity contribution in [3.63, 3.8) is 0 Å². The molecule has 1 aromatic heterocycles. The molecule has 1 aliphatic heterocycles. The molecule has 0 bridgehead atoms. The molecular weight excluding hydrogens is 420 g/mol. The summed E-state index contributed by atoms with van der Waals surface area (Å²) < 4.78 is 30.5. The van der Waals surface area contributed by atoms with E-state index >= 15 is 0 Å². The summed E-state index contributed by atoms with van der Waals surface area (Å²) in [6, 6.07) is 15.1. The number of para-hydroxylation sites is 1. The van der Waals surface area contributed by atoms with Crippen molar-refractivity contribution in [3.05, 3.63) is 65.2 Å². The lowest BCUT2D eigenvalue weighted by atomic mass is 10.0. The van der Waals surface area contributed by atoms with Crippen LogP contribution in [0.4, 0.5) is 5.69 Å². The molecule has 0 unspecified atom stereocenters. The molecule has 0 spiro atoms. The van der Waals surface area contributed by atoms with Gasteiger partial charge in [0.2, 0.25) is 5.91 Å². The van der Waals surface area contributed by atoms with Crippen LogP contribution in [0.3, 0.4) is 0 Å². The number of anilines is 1. The largest absolute Gasteiger partial charge is 0.497 e. The molecule has 30 heavy (non-hydrogen) atoms. The normalized spacial score (nSPS) is 13.7. The fourth-order valence-corrected chi connectivity index (χ4v) is 5.74. The lowest BCUT2D eigenvalue weighted by Crippen LogP contribution is -2.39. The zero-order valence-corrected chi connectivity index (χ0v) is 18.2. The minimum absolute atomic E-state index is 0.249. The maximum atomic E-state index is 12.8. The maximum Gasteiger partial charge on any atom is 0.242 e. The van der Waals surface area contributed by atoms with Crippen LogP contribution in [0.5, 0.6) is 5.75 Å². The maximum absolute atomic E-state index is 12.8. The highest BCUT2D eigenvalue weighted by molar-refractivity contribution is 7.91. The molecule has 1 aliphatic rings. The molecule has 3 aromatic rings. The van der Waals surface area contributed by atoms with Gasteiger partial charge in [-0.05, 0) is 48.7 Å². The first-order valence-corrected chi connectivity index (χ1v) is 12.3. The number of hydrogen-bond acceptors (Lipinski definition) is 6. The number of fused-ring (bicyclic) bond motifs is 1. The van der Waals surface area contributed by atoms with Crippen molar-refractivity contribution in [1.82, 2.24) is 4.98 Å². The molecule has 0 atom stereocenters. The number of carbonyl (C=O) groups is 1. The predicted molar refractivity (Wildman–Crippen MR) is 119 cm³/mol. The van der Waals surface area contributed by atoms with E-state index in [1.54, 1.807) is 17.4 Å². The number of methoxy groups -OCH3 is 1. The third-order valence-electron chi connectivity index (χ3n) is 5.01. The van der Waals surface area contributed by atoms with Gasteiger partial charge < -0.3 is 9.64 Å². The van der Waals surface area contributed by atoms with Gasteiger partial charge in [0.15, 0.2) is 9.84 Å². The first kappa shape index (κ1) is 20.6. The summed E-state index contributed by atoms with van der Waals surface area (Å²) in [7, 11) is -2.03. The van der Waals surface area contributed by atoms with E-state index in [0.29, 0.717) is 12.2 Å². The minimum atomic E-state index is -3.63. The van der Waals surface area contributed by atoms with Gasteiger partial charge in [-0.1, -0.05) is 18.2 Å². The summed E-state index contributed by atoms with van der Waals surface area (Å²) in [5, 5.41) is 2.47. The van der Waals surface area contributed by atoms with Gasteiger partial charge in [-0.25, -0.2) is 13.4 Å². The number of benzene rings is 2. The number of aromatic nitrogens is 1. The molecule has 0 N–H and O–H groups in total. The molecular formula is C22H22N2O4S2. The minimum Gasteiger partial charge on any atom is -0.497 e. The molecule has 8 heteroatoms. The standard InChI is InChI=1S/C22H22N2O4S2/c1-28-19-10-8-17(9-11-19)22-23-18(13-29-22)14-30(26,27)15-21(25)24-12-4-6-16-5-2-3-7-20(16)24/h2-3,5,7-11,13H,4,6,12,14-15H2,1H3. The molecule has 2 aromatic carbocycles. The van der Waals surface area contributed by atoms with Gasteiger partial charge in [0.25, 0.3) is 0 Å². The molecule has 4 rings (SSSR count). The fourth-order valence-electron chi connectivity index (χ4n) is 3.57. The summed E-state index contributed by atoms with van der Waals surface area (Å²) in [4.78, 5) is 18.8. The Kier molecular flexibility index (Phi) is 5.87. The van der Waals surface area contributed by atoms with Crippen LogP contribution in [0.25, 0.3) is 10.6 Å². The van der Waals surface area contributed by atoms with Gasteiger partial charge in [-0.3, -0.25) is 4.79 Å². The Bertz CT molecular complexity index is 1150. The van der Waals surface area contributed by atoms with Gasteiger partial charge in [-0.15, -0.1) is 11.3 Å². The van der Waals surface area contributed by atoms with Crippen molar-refractivity contribution >= 4 is 32.8 Å². The van der Waals surface area contributed by atoms with Gasteiger partial charge in [0.1, 0.15) is 16.5 Å². The second-order valence-electron chi connectivity index (χ2n) is 7.18. The third kappa shape index (κ3) is 4.55. The molecule has 0 saturated heterocycles. The highest BCUT2D eigenvalue weighted by Crippen LogP contribution is 2.28. The summed E-state index contributed by atoms with van der Waals surface area (Å²) in [6.07, 6.45) is 1.74. The van der Waals surface area contributed by atoms with Crippen LogP contribution in [0.1, 0.15) is 17.7 Å². The molecule has 0 saturated carbocycles. The summed E-state index contributed by atoms with van der Waals surface area (Å²) in [5.41, 5.74) is 3.25. The summed E-state index contributed by atoms with van der Waals surface area (Å²) >= 11 is 1.38. The summed E-state index contributed by atoms with van der Waals surface area (Å²) in [5.74, 6) is -0.402. The monoisotopic (exact) mass is 442 g/mol. The number of rotatable bonds is 6. The van der Waals surface area contributed by atoms with Gasteiger partial charge in [0, 0.05) is 23.2 Å². The Morgan fingerprint density at radius 2 is 1.93 bits per heavy atom. The lowest BCUT2D eigenvalue weighted by molar-refractivity contribution is -0.116. The molecule has 1 amide bonds. The molecule has 0 fully saturated rings. The predicted octanol–water partition coefficient (Wildman–Crippen LogP) is 3.71. The van der Waals surface area contributed by atoms with Gasteiger partial charge >= 0.3 is 0 Å². The van der Waals surface area contributed by atoms with E-state index in [1.807, 2.05) is 48.5 Å². The molecule has 156 valence electrons. The quantitative estimate of drug-likeness (QED) is 0.582. The Morgan fingerprint density at radius 1 is 1.17 bits per heavy atom. The van der Waals surface area contributed by atoms with Crippen LogP contribution in [-0.4, -0.2) is 38.7 Å². The average Bonchev–Trinajstić information content (AvgIpc) is 3.20. The average molecular weight is 443 g/mol. The highest BCUT2D eigenvalue weighted by atomic mass is 32.2. The first-order chi connectivity index (χ1) is 14.4. The van der Waals surface area contributed by atoms with Crippen LogP contribution >= 0.6 is 11.3 Å². The molecule has 6 nitrogen and oxygen atoms in total. The molecule has 0 aliphatic carbocycles. The Balaban J connectivity index is 1.45. The molecule has 2 heterocycles. The number of amides is 1. The zero-order valence-electron chi connectivity index (χ0n) is 16.6. The number of thiazole rings is 1. The van der Waals surface area contributed by atoms with Crippen LogP contribution in [0, 0.1) is 0 Å². The lowest BCUT2D eigenvalue weighted by Gasteiger charge is -2.29. The third-order valence-corrected chi connectivity index (χ3v) is 7.37. The van der Waals surface area contributed by atoms with Crippen LogP contribution in [0.2, 0.25) is 0 Å². The van der Waals surface area contributed by atoms with Crippen molar-refractivity contribution < 1.29 is 17.9 Å². The van der Waals surface area contributed by atoms with E-state index in [4.69, 9.17) is 4.74 Å². The Morgan fingerprint density at radius 3 is 2.70 bits per heavy atom. The first-order valence-electron chi connectivity index (χ1n) is 9.63. The van der Waals surface area contributed by atoms with Crippen LogP contribution < -0.4 is 9.64 Å². The van der Waals surface area contributed by atoms with Crippen molar-refractivity contribution in [2.75, 3.05) is 24.3 Å². The summed E-state index contributed by atoms with van der Waals surface area (Å²) in [6.45, 7) is 0.545. The fraction of sp³-hybridized carbons (Fsp3) is 0.273.